The highest BCUT2D eigenvalue weighted by Gasteiger charge is 2.20. The zero-order valence-electron chi connectivity index (χ0n) is 13.2. The normalized spacial score (nSPS) is 11.4. The third-order valence-electron chi connectivity index (χ3n) is 3.18. The number of anilines is 2. The molecule has 0 aliphatic heterocycles. The first-order chi connectivity index (χ1) is 9.54. The van der Waals surface area contributed by atoms with E-state index in [-0.39, 0.29) is 12.1 Å². The van der Waals surface area contributed by atoms with Gasteiger partial charge in [0.1, 0.15) is 18.0 Å². The zero-order valence-corrected chi connectivity index (χ0v) is 13.2. The van der Waals surface area contributed by atoms with Crippen molar-refractivity contribution in [3.8, 4) is 0 Å². The molecule has 0 saturated heterocycles. The second-order valence-corrected chi connectivity index (χ2v) is 5.71. The minimum Gasteiger partial charge on any atom is -0.396 e. The fourth-order valence-electron chi connectivity index (χ4n) is 2.07. The molecule has 0 aliphatic carbocycles. The molecule has 0 bridgehead atoms. The Morgan fingerprint density at radius 2 is 1.85 bits per heavy atom. The molecule has 0 aromatic carbocycles. The number of nitrogens with one attached hydrogen (secondary N) is 2. The minimum absolute atomic E-state index is 0.162. The van der Waals surface area contributed by atoms with Gasteiger partial charge in [0.2, 0.25) is 0 Å². The van der Waals surface area contributed by atoms with Crippen LogP contribution in [0.25, 0.3) is 0 Å². The van der Waals surface area contributed by atoms with Crippen LogP contribution in [0.4, 0.5) is 11.6 Å². The molecule has 0 amide bonds. The molecule has 1 aromatic rings. The Morgan fingerprint density at radius 3 is 2.45 bits per heavy atom. The maximum atomic E-state index is 9.14. The Balaban J connectivity index is 2.98. The van der Waals surface area contributed by atoms with Crippen LogP contribution in [0.5, 0.6) is 0 Å². The molecular formula is C15H28N4O. The van der Waals surface area contributed by atoms with Gasteiger partial charge in [-0.05, 0) is 33.1 Å². The van der Waals surface area contributed by atoms with Crippen molar-refractivity contribution in [2.45, 2.75) is 58.9 Å². The fourth-order valence-corrected chi connectivity index (χ4v) is 2.07. The van der Waals surface area contributed by atoms with E-state index in [2.05, 4.69) is 48.3 Å². The monoisotopic (exact) mass is 280 g/mol. The second kappa shape index (κ2) is 8.04. The summed E-state index contributed by atoms with van der Waals surface area (Å²) in [7, 11) is 0. The first-order valence-electron chi connectivity index (χ1n) is 7.50. The van der Waals surface area contributed by atoms with E-state index in [9.17, 15) is 0 Å². The molecule has 114 valence electrons. The van der Waals surface area contributed by atoms with Gasteiger partial charge in [-0.15, -0.1) is 0 Å². The molecule has 1 rings (SSSR count). The first-order valence-corrected chi connectivity index (χ1v) is 7.50. The lowest BCUT2D eigenvalue weighted by Crippen LogP contribution is -2.33. The zero-order chi connectivity index (χ0) is 15.0. The van der Waals surface area contributed by atoms with Gasteiger partial charge in [-0.3, -0.25) is 0 Å². The Hall–Kier alpha value is -1.36. The largest absolute Gasteiger partial charge is 0.396 e. The summed E-state index contributed by atoms with van der Waals surface area (Å²) in [6, 6.07) is 0. The first kappa shape index (κ1) is 16.7. The van der Waals surface area contributed by atoms with Crippen molar-refractivity contribution in [1.82, 2.24) is 9.97 Å². The molecule has 0 saturated carbocycles. The fraction of sp³-hybridized carbons (Fsp3) is 0.733. The summed E-state index contributed by atoms with van der Waals surface area (Å²) in [5, 5.41) is 15.9. The number of nitrogens with zero attached hydrogens (tertiary/aromatic N) is 2. The molecule has 1 aromatic heterocycles. The minimum atomic E-state index is -0.187. The molecule has 0 radical (unpaired) electrons. The predicted molar refractivity (Wildman–Crippen MR) is 84.2 cm³/mol. The van der Waals surface area contributed by atoms with Crippen molar-refractivity contribution in [2.24, 2.45) is 0 Å². The van der Waals surface area contributed by atoms with E-state index >= 15 is 0 Å². The standard InChI is InChI=1S/C15H28N4O/c1-5-7-12-13(16-9-6-2)17-11-18-14(12)19-15(3,4)8-10-20/h11,20H,5-10H2,1-4H3,(H2,16,17,18,19). The van der Waals surface area contributed by atoms with Gasteiger partial charge in [0, 0.05) is 24.3 Å². The van der Waals surface area contributed by atoms with Crippen molar-refractivity contribution in [1.29, 1.82) is 0 Å². The quantitative estimate of drug-likeness (QED) is 0.649. The number of hydrogen-bond acceptors (Lipinski definition) is 5. The Labute approximate surface area is 122 Å². The molecule has 0 aliphatic rings. The van der Waals surface area contributed by atoms with E-state index in [4.69, 9.17) is 5.11 Å². The van der Waals surface area contributed by atoms with Crippen molar-refractivity contribution in [3.05, 3.63) is 11.9 Å². The average molecular weight is 280 g/mol. The summed E-state index contributed by atoms with van der Waals surface area (Å²) in [6.45, 7) is 9.50. The third kappa shape index (κ3) is 4.96. The molecule has 5 heteroatoms. The summed E-state index contributed by atoms with van der Waals surface area (Å²) in [5.74, 6) is 1.80. The summed E-state index contributed by atoms with van der Waals surface area (Å²) in [6.07, 6.45) is 5.32. The lowest BCUT2D eigenvalue weighted by molar-refractivity contribution is 0.260. The van der Waals surface area contributed by atoms with Crippen molar-refractivity contribution in [2.75, 3.05) is 23.8 Å². The van der Waals surface area contributed by atoms with Gasteiger partial charge in [0.25, 0.3) is 0 Å². The summed E-state index contributed by atoms with van der Waals surface area (Å²) in [4.78, 5) is 8.75. The highest BCUT2D eigenvalue weighted by atomic mass is 16.3. The van der Waals surface area contributed by atoms with Gasteiger partial charge in [0.05, 0.1) is 0 Å². The van der Waals surface area contributed by atoms with Crippen LogP contribution in [0.3, 0.4) is 0 Å². The van der Waals surface area contributed by atoms with Crippen LogP contribution in [0.15, 0.2) is 6.33 Å². The topological polar surface area (TPSA) is 70.1 Å². The van der Waals surface area contributed by atoms with E-state index in [1.165, 1.54) is 0 Å². The summed E-state index contributed by atoms with van der Waals surface area (Å²) < 4.78 is 0. The third-order valence-corrected chi connectivity index (χ3v) is 3.18. The maximum absolute atomic E-state index is 9.14. The van der Waals surface area contributed by atoms with Crippen LogP contribution >= 0.6 is 0 Å². The molecule has 0 atom stereocenters. The van der Waals surface area contributed by atoms with Gasteiger partial charge in [-0.2, -0.15) is 0 Å². The van der Waals surface area contributed by atoms with Crippen LogP contribution in [0.1, 0.15) is 52.5 Å². The number of aliphatic hydroxyl groups is 1. The Kier molecular flexibility index (Phi) is 6.71. The lowest BCUT2D eigenvalue weighted by Gasteiger charge is -2.27. The smallest absolute Gasteiger partial charge is 0.135 e. The molecule has 0 unspecified atom stereocenters. The molecule has 20 heavy (non-hydrogen) atoms. The summed E-state index contributed by atoms with van der Waals surface area (Å²) >= 11 is 0. The van der Waals surface area contributed by atoms with Crippen molar-refractivity contribution in [3.63, 3.8) is 0 Å². The molecule has 5 nitrogen and oxygen atoms in total. The van der Waals surface area contributed by atoms with E-state index in [1.807, 2.05) is 0 Å². The number of rotatable bonds is 9. The molecule has 0 fully saturated rings. The number of hydrogen-bond donors (Lipinski definition) is 3. The van der Waals surface area contributed by atoms with Crippen LogP contribution < -0.4 is 10.6 Å². The van der Waals surface area contributed by atoms with Crippen molar-refractivity contribution >= 4 is 11.6 Å². The summed E-state index contributed by atoms with van der Waals surface area (Å²) in [5.41, 5.74) is 0.947. The molecule has 3 N–H and O–H groups in total. The highest BCUT2D eigenvalue weighted by molar-refractivity contribution is 5.58. The van der Waals surface area contributed by atoms with Gasteiger partial charge in [0.15, 0.2) is 0 Å². The van der Waals surface area contributed by atoms with Crippen LogP contribution in [-0.4, -0.2) is 33.8 Å². The second-order valence-electron chi connectivity index (χ2n) is 5.71. The van der Waals surface area contributed by atoms with Gasteiger partial charge in [-0.1, -0.05) is 20.3 Å². The van der Waals surface area contributed by atoms with E-state index < -0.39 is 0 Å². The SMILES string of the molecule is CCCNc1ncnc(NC(C)(C)CCO)c1CCC. The van der Waals surface area contributed by atoms with Gasteiger partial charge < -0.3 is 15.7 Å². The van der Waals surface area contributed by atoms with Crippen molar-refractivity contribution < 1.29 is 5.11 Å². The number of aromatic nitrogens is 2. The van der Waals surface area contributed by atoms with Crippen LogP contribution in [0.2, 0.25) is 0 Å². The highest BCUT2D eigenvalue weighted by Crippen LogP contribution is 2.25. The van der Waals surface area contributed by atoms with Crippen LogP contribution in [-0.2, 0) is 6.42 Å². The predicted octanol–water partition coefficient (Wildman–Crippen LogP) is 2.82. The Morgan fingerprint density at radius 1 is 1.15 bits per heavy atom. The molecular weight excluding hydrogens is 252 g/mol. The van der Waals surface area contributed by atoms with Gasteiger partial charge >= 0.3 is 0 Å². The van der Waals surface area contributed by atoms with E-state index in [1.54, 1.807) is 6.33 Å². The average Bonchev–Trinajstić information content (AvgIpc) is 2.39. The maximum Gasteiger partial charge on any atom is 0.135 e. The van der Waals surface area contributed by atoms with E-state index in [0.717, 1.165) is 43.0 Å². The van der Waals surface area contributed by atoms with E-state index in [0.29, 0.717) is 6.42 Å². The van der Waals surface area contributed by atoms with Gasteiger partial charge in [-0.25, -0.2) is 9.97 Å². The Bertz CT molecular complexity index is 407. The molecule has 0 spiro atoms. The lowest BCUT2D eigenvalue weighted by atomic mass is 10.0. The molecule has 1 heterocycles. The van der Waals surface area contributed by atoms with Crippen LogP contribution in [0, 0.1) is 0 Å². The number of aliphatic hydroxyl groups excluding tert-OH is 1.